The fourth-order valence-electron chi connectivity index (χ4n) is 1.25. The summed E-state index contributed by atoms with van der Waals surface area (Å²) in [7, 11) is -4.27. The van der Waals surface area contributed by atoms with Crippen molar-refractivity contribution in [1.82, 2.24) is 14.3 Å². The van der Waals surface area contributed by atoms with Gasteiger partial charge in [0.25, 0.3) is 10.2 Å². The molecule has 0 atom stereocenters. The van der Waals surface area contributed by atoms with Crippen LogP contribution in [0.2, 0.25) is 0 Å². The molecule has 0 aliphatic carbocycles. The molecule has 0 bridgehead atoms. The highest BCUT2D eigenvalue weighted by atomic mass is 32.2. The van der Waals surface area contributed by atoms with Crippen LogP contribution in [-0.2, 0) is 15.0 Å². The lowest BCUT2D eigenvalue weighted by Crippen LogP contribution is -2.46. The number of carbonyl (C=O) groups is 1. The van der Waals surface area contributed by atoms with Crippen LogP contribution in [0.5, 0.6) is 0 Å². The SMILES string of the molecule is O=C1CN(S(=O)(=O)NCC(F)(F)F)CCCN1. The Balaban J connectivity index is 2.65. The molecule has 1 heterocycles. The standard InChI is InChI=1S/C7H12F3N3O3S/c8-7(9,10)5-12-17(15,16)13-3-1-2-11-6(14)4-13/h12H,1-5H2,(H,11,14). The number of alkyl halides is 3. The summed E-state index contributed by atoms with van der Waals surface area (Å²) in [4.78, 5) is 11.1. The first-order valence-electron chi connectivity index (χ1n) is 4.79. The highest BCUT2D eigenvalue weighted by Crippen LogP contribution is 2.13. The summed E-state index contributed by atoms with van der Waals surface area (Å²) in [6, 6.07) is 0. The molecular weight excluding hydrogens is 263 g/mol. The number of hydrogen-bond acceptors (Lipinski definition) is 3. The van der Waals surface area contributed by atoms with E-state index < -0.39 is 35.4 Å². The van der Waals surface area contributed by atoms with Gasteiger partial charge in [0.2, 0.25) is 5.91 Å². The van der Waals surface area contributed by atoms with Gasteiger partial charge in [0.15, 0.2) is 0 Å². The van der Waals surface area contributed by atoms with Gasteiger partial charge in [-0.25, -0.2) is 0 Å². The van der Waals surface area contributed by atoms with Crippen molar-refractivity contribution in [2.45, 2.75) is 12.6 Å². The van der Waals surface area contributed by atoms with Crippen molar-refractivity contribution in [1.29, 1.82) is 0 Å². The number of hydrogen-bond donors (Lipinski definition) is 2. The molecule has 6 nitrogen and oxygen atoms in total. The van der Waals surface area contributed by atoms with Crippen molar-refractivity contribution in [2.24, 2.45) is 0 Å². The molecule has 0 unspecified atom stereocenters. The molecule has 1 rings (SSSR count). The molecule has 2 N–H and O–H groups in total. The van der Waals surface area contributed by atoms with E-state index in [-0.39, 0.29) is 6.54 Å². The highest BCUT2D eigenvalue weighted by Gasteiger charge is 2.32. The van der Waals surface area contributed by atoms with Crippen LogP contribution in [0, 0.1) is 0 Å². The van der Waals surface area contributed by atoms with Gasteiger partial charge in [-0.2, -0.15) is 30.6 Å². The number of nitrogens with zero attached hydrogens (tertiary/aromatic N) is 1. The number of rotatable bonds is 3. The first kappa shape index (κ1) is 14.2. The summed E-state index contributed by atoms with van der Waals surface area (Å²) >= 11 is 0. The summed E-state index contributed by atoms with van der Waals surface area (Å²) in [5, 5.41) is 2.42. The topological polar surface area (TPSA) is 78.5 Å². The lowest BCUT2D eigenvalue weighted by molar-refractivity contribution is -0.121. The second-order valence-electron chi connectivity index (χ2n) is 3.48. The third kappa shape index (κ3) is 4.88. The summed E-state index contributed by atoms with van der Waals surface area (Å²) in [6.45, 7) is -1.79. The molecule has 0 aromatic carbocycles. The minimum absolute atomic E-state index is 0.00588. The average molecular weight is 275 g/mol. The zero-order valence-corrected chi connectivity index (χ0v) is 9.57. The van der Waals surface area contributed by atoms with Crippen molar-refractivity contribution in [3.8, 4) is 0 Å². The van der Waals surface area contributed by atoms with E-state index in [1.54, 1.807) is 0 Å². The third-order valence-corrected chi connectivity index (χ3v) is 3.52. The predicted octanol–water partition coefficient (Wildman–Crippen LogP) is -0.795. The van der Waals surface area contributed by atoms with Crippen LogP contribution in [0.3, 0.4) is 0 Å². The van der Waals surface area contributed by atoms with Crippen LogP contribution in [0.15, 0.2) is 0 Å². The van der Waals surface area contributed by atoms with Gasteiger partial charge in [-0.3, -0.25) is 4.79 Å². The highest BCUT2D eigenvalue weighted by molar-refractivity contribution is 7.87. The number of amides is 1. The number of nitrogens with one attached hydrogen (secondary N) is 2. The fourth-order valence-corrected chi connectivity index (χ4v) is 2.43. The van der Waals surface area contributed by atoms with Crippen molar-refractivity contribution in [2.75, 3.05) is 26.2 Å². The van der Waals surface area contributed by atoms with Crippen LogP contribution in [0.25, 0.3) is 0 Å². The van der Waals surface area contributed by atoms with E-state index in [1.807, 2.05) is 0 Å². The van der Waals surface area contributed by atoms with E-state index in [0.29, 0.717) is 17.3 Å². The molecule has 1 aliphatic heterocycles. The number of halogens is 3. The molecule has 10 heteroatoms. The van der Waals surface area contributed by atoms with Gasteiger partial charge in [-0.1, -0.05) is 0 Å². The molecule has 0 radical (unpaired) electrons. The maximum Gasteiger partial charge on any atom is 0.402 e. The molecule has 0 saturated carbocycles. The maximum atomic E-state index is 11.9. The van der Waals surface area contributed by atoms with Crippen LogP contribution < -0.4 is 10.0 Å². The van der Waals surface area contributed by atoms with Gasteiger partial charge in [0, 0.05) is 13.1 Å². The van der Waals surface area contributed by atoms with Crippen LogP contribution in [0.1, 0.15) is 6.42 Å². The van der Waals surface area contributed by atoms with Gasteiger partial charge in [-0.05, 0) is 6.42 Å². The molecule has 1 amide bonds. The van der Waals surface area contributed by atoms with Gasteiger partial charge < -0.3 is 5.32 Å². The van der Waals surface area contributed by atoms with Crippen molar-refractivity contribution in [3.63, 3.8) is 0 Å². The van der Waals surface area contributed by atoms with Gasteiger partial charge in [0.1, 0.15) is 6.54 Å². The number of carbonyl (C=O) groups excluding carboxylic acids is 1. The summed E-state index contributed by atoms with van der Waals surface area (Å²) in [5.41, 5.74) is 0. The van der Waals surface area contributed by atoms with E-state index in [9.17, 15) is 26.4 Å². The first-order valence-corrected chi connectivity index (χ1v) is 6.23. The Morgan fingerprint density at radius 2 is 2.06 bits per heavy atom. The van der Waals surface area contributed by atoms with Crippen LogP contribution in [-0.4, -0.2) is 51.0 Å². The Hall–Kier alpha value is -0.870. The minimum Gasteiger partial charge on any atom is -0.355 e. The Bertz CT molecular complexity index is 382. The van der Waals surface area contributed by atoms with E-state index in [0.717, 1.165) is 0 Å². The summed E-state index contributed by atoms with van der Waals surface area (Å²) in [5.74, 6) is -0.528. The van der Waals surface area contributed by atoms with Crippen molar-refractivity contribution in [3.05, 3.63) is 0 Å². The second-order valence-corrected chi connectivity index (χ2v) is 5.23. The van der Waals surface area contributed by atoms with Gasteiger partial charge >= 0.3 is 6.18 Å². The van der Waals surface area contributed by atoms with Crippen LogP contribution in [0.4, 0.5) is 13.2 Å². The normalized spacial score (nSPS) is 19.8. The molecule has 1 saturated heterocycles. The predicted molar refractivity (Wildman–Crippen MR) is 52.2 cm³/mol. The Morgan fingerprint density at radius 3 is 2.65 bits per heavy atom. The van der Waals surface area contributed by atoms with Crippen LogP contribution >= 0.6 is 0 Å². The molecule has 1 fully saturated rings. The largest absolute Gasteiger partial charge is 0.402 e. The average Bonchev–Trinajstić information content (AvgIpc) is 2.39. The zero-order chi connectivity index (χ0) is 13.1. The Kier molecular flexibility index (Phi) is 4.33. The molecule has 0 spiro atoms. The van der Waals surface area contributed by atoms with Gasteiger partial charge in [-0.15, -0.1) is 0 Å². The first-order chi connectivity index (χ1) is 7.71. The maximum absolute atomic E-state index is 11.9. The summed E-state index contributed by atoms with van der Waals surface area (Å²) in [6.07, 6.45) is -4.26. The Labute approximate surface area is 96.3 Å². The fraction of sp³-hybridized carbons (Fsp3) is 0.857. The molecule has 17 heavy (non-hydrogen) atoms. The second kappa shape index (κ2) is 5.19. The van der Waals surface area contributed by atoms with E-state index in [2.05, 4.69) is 5.32 Å². The third-order valence-electron chi connectivity index (χ3n) is 2.02. The lowest BCUT2D eigenvalue weighted by Gasteiger charge is -2.19. The van der Waals surface area contributed by atoms with Gasteiger partial charge in [0.05, 0.1) is 6.54 Å². The molecule has 1 aliphatic rings. The Morgan fingerprint density at radius 1 is 1.41 bits per heavy atom. The van der Waals surface area contributed by atoms with Crippen molar-refractivity contribution >= 4 is 16.1 Å². The van der Waals surface area contributed by atoms with Crippen molar-refractivity contribution < 1.29 is 26.4 Å². The lowest BCUT2D eigenvalue weighted by atomic mass is 10.4. The summed E-state index contributed by atoms with van der Waals surface area (Å²) < 4.78 is 60.7. The molecule has 0 aromatic heterocycles. The molecule has 0 aromatic rings. The quantitative estimate of drug-likeness (QED) is 0.708. The van der Waals surface area contributed by atoms with E-state index in [1.165, 1.54) is 4.72 Å². The molecule has 100 valence electrons. The monoisotopic (exact) mass is 275 g/mol. The zero-order valence-electron chi connectivity index (χ0n) is 8.75. The smallest absolute Gasteiger partial charge is 0.355 e. The molecular formula is C7H12F3N3O3S. The van der Waals surface area contributed by atoms with E-state index in [4.69, 9.17) is 0 Å². The minimum atomic E-state index is -4.62. The van der Waals surface area contributed by atoms with E-state index >= 15 is 0 Å².